The average molecular weight is 240 g/mol. The second-order valence-electron chi connectivity index (χ2n) is 3.83. The first-order chi connectivity index (χ1) is 7.99. The third-order valence-corrected chi connectivity index (χ3v) is 2.70. The highest BCUT2D eigenvalue weighted by atomic mass is 19.1. The van der Waals surface area contributed by atoms with E-state index in [2.05, 4.69) is 4.74 Å². The van der Waals surface area contributed by atoms with Gasteiger partial charge in [-0.1, -0.05) is 0 Å². The first kappa shape index (κ1) is 11.7. The zero-order valence-corrected chi connectivity index (χ0v) is 9.13. The molecule has 0 unspecified atom stereocenters. The van der Waals surface area contributed by atoms with Crippen molar-refractivity contribution in [2.75, 3.05) is 6.61 Å². The number of esters is 1. The van der Waals surface area contributed by atoms with E-state index in [0.717, 1.165) is 12.1 Å². The van der Waals surface area contributed by atoms with Gasteiger partial charge >= 0.3 is 5.97 Å². The molecule has 1 aliphatic rings. The number of ether oxygens (including phenoxy) is 1. The van der Waals surface area contributed by atoms with Crippen molar-refractivity contribution in [1.29, 1.82) is 0 Å². The summed E-state index contributed by atoms with van der Waals surface area (Å²) in [6.45, 7) is 1.51. The Hall–Kier alpha value is -1.78. The molecule has 0 fully saturated rings. The Bertz CT molecular complexity index is 499. The van der Waals surface area contributed by atoms with Gasteiger partial charge in [0.2, 0.25) is 5.78 Å². The van der Waals surface area contributed by atoms with Crippen LogP contribution in [-0.2, 0) is 16.0 Å². The van der Waals surface area contributed by atoms with E-state index in [9.17, 15) is 18.4 Å². The highest BCUT2D eigenvalue weighted by molar-refractivity contribution is 6.18. The topological polar surface area (TPSA) is 43.4 Å². The molecule has 2 rings (SSSR count). The van der Waals surface area contributed by atoms with E-state index < -0.39 is 29.7 Å². The lowest BCUT2D eigenvalue weighted by atomic mass is 10.0. The van der Waals surface area contributed by atoms with Crippen LogP contribution in [0.4, 0.5) is 8.78 Å². The minimum Gasteiger partial charge on any atom is -0.463 e. The number of benzene rings is 1. The van der Waals surface area contributed by atoms with Crippen molar-refractivity contribution in [3.8, 4) is 0 Å². The fourth-order valence-electron chi connectivity index (χ4n) is 1.90. The summed E-state index contributed by atoms with van der Waals surface area (Å²) in [5, 5.41) is 0. The van der Waals surface area contributed by atoms with Gasteiger partial charge in [-0.2, -0.15) is 0 Å². The molecule has 0 amide bonds. The van der Waals surface area contributed by atoms with E-state index in [1.807, 2.05) is 0 Å². The maximum absolute atomic E-state index is 14.3. The summed E-state index contributed by atoms with van der Waals surface area (Å²) in [5.41, 5.74) is -2.46. The molecule has 5 heteroatoms. The second kappa shape index (κ2) is 3.91. The average Bonchev–Trinajstić information content (AvgIpc) is 2.52. The number of carbonyl (C=O) groups excluding carboxylic acids is 2. The van der Waals surface area contributed by atoms with Crippen LogP contribution in [0, 0.1) is 5.82 Å². The summed E-state index contributed by atoms with van der Waals surface area (Å²) < 4.78 is 31.7. The molecule has 0 saturated heterocycles. The monoisotopic (exact) mass is 240 g/mol. The number of hydrogen-bond acceptors (Lipinski definition) is 3. The van der Waals surface area contributed by atoms with Gasteiger partial charge < -0.3 is 4.74 Å². The molecule has 17 heavy (non-hydrogen) atoms. The third-order valence-electron chi connectivity index (χ3n) is 2.70. The summed E-state index contributed by atoms with van der Waals surface area (Å²) in [7, 11) is 0. The lowest BCUT2D eigenvalue weighted by Gasteiger charge is -2.14. The summed E-state index contributed by atoms with van der Waals surface area (Å²) >= 11 is 0. The molecule has 3 nitrogen and oxygen atoms in total. The van der Waals surface area contributed by atoms with Crippen molar-refractivity contribution in [3.63, 3.8) is 0 Å². The van der Waals surface area contributed by atoms with Crippen LogP contribution in [0.5, 0.6) is 0 Å². The summed E-state index contributed by atoms with van der Waals surface area (Å²) in [4.78, 5) is 23.2. The van der Waals surface area contributed by atoms with E-state index >= 15 is 0 Å². The van der Waals surface area contributed by atoms with Crippen LogP contribution in [-0.4, -0.2) is 24.0 Å². The first-order valence-electron chi connectivity index (χ1n) is 5.18. The van der Waals surface area contributed by atoms with E-state index in [4.69, 9.17) is 0 Å². The highest BCUT2D eigenvalue weighted by Gasteiger charge is 2.53. The summed E-state index contributed by atoms with van der Waals surface area (Å²) in [6, 6.07) is 3.31. The van der Waals surface area contributed by atoms with Gasteiger partial charge in [-0.05, 0) is 30.7 Å². The number of Topliss-reactive ketones (excluding diaryl/α,β-unsaturated/α-hetero) is 1. The Morgan fingerprint density at radius 1 is 1.53 bits per heavy atom. The number of carbonyl (C=O) groups is 2. The van der Waals surface area contributed by atoms with E-state index in [-0.39, 0.29) is 17.7 Å². The molecule has 0 aliphatic heterocycles. The Morgan fingerprint density at radius 2 is 2.24 bits per heavy atom. The van der Waals surface area contributed by atoms with Gasteiger partial charge in [0.25, 0.3) is 5.67 Å². The van der Waals surface area contributed by atoms with Crippen molar-refractivity contribution in [2.45, 2.75) is 19.0 Å². The molecule has 0 spiro atoms. The maximum atomic E-state index is 14.3. The minimum absolute atomic E-state index is 0.0114. The predicted octanol–water partition coefficient (Wildman–Crippen LogP) is 1.84. The lowest BCUT2D eigenvalue weighted by molar-refractivity contribution is -0.153. The third kappa shape index (κ3) is 1.71. The molecule has 1 atom stereocenters. The smallest absolute Gasteiger partial charge is 0.352 e. The molecule has 1 aromatic rings. The van der Waals surface area contributed by atoms with Crippen LogP contribution < -0.4 is 0 Å². The largest absolute Gasteiger partial charge is 0.463 e. The number of fused-ring (bicyclic) bond motifs is 1. The molecule has 0 heterocycles. The maximum Gasteiger partial charge on any atom is 0.352 e. The highest BCUT2D eigenvalue weighted by Crippen LogP contribution is 2.34. The number of alkyl halides is 1. The van der Waals surface area contributed by atoms with Gasteiger partial charge in [0.15, 0.2) is 0 Å². The molecule has 0 aromatic heterocycles. The number of rotatable bonds is 2. The number of halogens is 2. The normalized spacial score (nSPS) is 22.4. The Morgan fingerprint density at radius 3 is 2.88 bits per heavy atom. The standard InChI is InChI=1S/C12H10F2O3/c1-2-17-11(16)12(14)6-7-5-8(13)3-4-9(7)10(12)15/h3-5H,2,6H2,1H3/t12-/m1/s1. The van der Waals surface area contributed by atoms with Gasteiger partial charge in [0.05, 0.1) is 6.61 Å². The molecule has 1 aromatic carbocycles. The molecular formula is C12H10F2O3. The van der Waals surface area contributed by atoms with E-state index in [0.29, 0.717) is 0 Å². The van der Waals surface area contributed by atoms with Crippen LogP contribution in [0.15, 0.2) is 18.2 Å². The van der Waals surface area contributed by atoms with Crippen molar-refractivity contribution in [1.82, 2.24) is 0 Å². The zero-order chi connectivity index (χ0) is 12.6. The Kier molecular flexibility index (Phi) is 2.69. The molecule has 0 bridgehead atoms. The van der Waals surface area contributed by atoms with Gasteiger partial charge in [-0.15, -0.1) is 0 Å². The van der Waals surface area contributed by atoms with Crippen molar-refractivity contribution >= 4 is 11.8 Å². The van der Waals surface area contributed by atoms with Gasteiger partial charge in [-0.3, -0.25) is 4.79 Å². The first-order valence-corrected chi connectivity index (χ1v) is 5.18. The van der Waals surface area contributed by atoms with Crippen molar-refractivity contribution < 1.29 is 23.1 Å². The predicted molar refractivity (Wildman–Crippen MR) is 54.9 cm³/mol. The number of ketones is 1. The molecule has 1 aliphatic carbocycles. The van der Waals surface area contributed by atoms with Crippen LogP contribution >= 0.6 is 0 Å². The summed E-state index contributed by atoms with van der Waals surface area (Å²) in [5.74, 6) is -2.72. The van der Waals surface area contributed by atoms with E-state index in [1.165, 1.54) is 13.0 Å². The Labute approximate surface area is 96.4 Å². The molecule has 0 saturated carbocycles. The van der Waals surface area contributed by atoms with Crippen LogP contribution in [0.25, 0.3) is 0 Å². The number of hydrogen-bond donors (Lipinski definition) is 0. The van der Waals surface area contributed by atoms with Gasteiger partial charge in [0.1, 0.15) is 5.82 Å². The molecule has 0 N–H and O–H groups in total. The summed E-state index contributed by atoms with van der Waals surface area (Å²) in [6.07, 6.45) is -0.461. The minimum atomic E-state index is -2.70. The lowest BCUT2D eigenvalue weighted by Crippen LogP contribution is -2.41. The van der Waals surface area contributed by atoms with Gasteiger partial charge in [-0.25, -0.2) is 13.6 Å². The molecule has 0 radical (unpaired) electrons. The van der Waals surface area contributed by atoms with E-state index in [1.54, 1.807) is 0 Å². The fourth-order valence-corrected chi connectivity index (χ4v) is 1.90. The van der Waals surface area contributed by atoms with Crippen LogP contribution in [0.3, 0.4) is 0 Å². The van der Waals surface area contributed by atoms with Crippen molar-refractivity contribution in [3.05, 3.63) is 35.1 Å². The SMILES string of the molecule is CCOC(=O)[C@@]1(F)Cc2cc(F)ccc2C1=O. The second-order valence-corrected chi connectivity index (χ2v) is 3.83. The van der Waals surface area contributed by atoms with Crippen LogP contribution in [0.1, 0.15) is 22.8 Å². The fraction of sp³-hybridized carbons (Fsp3) is 0.333. The zero-order valence-electron chi connectivity index (χ0n) is 9.13. The molecule has 90 valence electrons. The Balaban J connectivity index is 2.39. The van der Waals surface area contributed by atoms with Gasteiger partial charge in [0, 0.05) is 12.0 Å². The quantitative estimate of drug-likeness (QED) is 0.585. The van der Waals surface area contributed by atoms with Crippen LogP contribution in [0.2, 0.25) is 0 Å². The van der Waals surface area contributed by atoms with Crippen molar-refractivity contribution in [2.24, 2.45) is 0 Å². The molecular weight excluding hydrogens is 230 g/mol.